The largest absolute Gasteiger partial charge is 0.489 e. The van der Waals surface area contributed by atoms with Gasteiger partial charge in [0.1, 0.15) is 19.7 Å². The predicted molar refractivity (Wildman–Crippen MR) is 146 cm³/mol. The summed E-state index contributed by atoms with van der Waals surface area (Å²) in [5.74, 6) is -0.299. The highest BCUT2D eigenvalue weighted by molar-refractivity contribution is 6.32. The zero-order valence-corrected chi connectivity index (χ0v) is 21.5. The minimum Gasteiger partial charge on any atom is -0.489 e. The summed E-state index contributed by atoms with van der Waals surface area (Å²) < 4.78 is 6.14. The highest BCUT2D eigenvalue weighted by Gasteiger charge is 2.24. The monoisotopic (exact) mass is 483 g/mol. The summed E-state index contributed by atoms with van der Waals surface area (Å²) in [6.45, 7) is 8.39. The Hall–Kier alpha value is -3.45. The average Bonchev–Trinajstić information content (AvgIpc) is 2.97. The molecule has 0 bridgehead atoms. The summed E-state index contributed by atoms with van der Waals surface area (Å²) in [6.07, 6.45) is 0.0121. The first kappa shape index (κ1) is 25.6. The van der Waals surface area contributed by atoms with Crippen molar-refractivity contribution in [3.63, 3.8) is 0 Å². The topological polar surface area (TPSA) is 87.8 Å². The molecule has 7 heteroatoms. The summed E-state index contributed by atoms with van der Waals surface area (Å²) in [5, 5.41) is 12.9. The van der Waals surface area contributed by atoms with Gasteiger partial charge in [-0.2, -0.15) is 0 Å². The van der Waals surface area contributed by atoms with Crippen LogP contribution in [0.1, 0.15) is 52.6 Å². The van der Waals surface area contributed by atoms with Crippen LogP contribution >= 0.6 is 0 Å². The van der Waals surface area contributed by atoms with Gasteiger partial charge in [-0.25, -0.2) is 0 Å². The standard InChI is InChI=1S/C29H34BN3O3/c1-17-5-6-20(25(13-28(34)35)24-9-10-26(32-4)29(31)19(24)3)11-22(17)16-33-14-18(2)36-27-12-23(30)8-7-21(27)15-33/h5-12,18,25,32H,13-16,31H2,1-4H3,(H,34,35). The molecule has 0 fully saturated rings. The number of nitrogens with one attached hydrogen (secondary N) is 1. The molecular formula is C29H34BN3O3. The first-order valence-electron chi connectivity index (χ1n) is 12.3. The molecule has 4 rings (SSSR count). The fourth-order valence-electron chi connectivity index (χ4n) is 5.10. The third-order valence-electron chi connectivity index (χ3n) is 7.08. The van der Waals surface area contributed by atoms with Crippen LogP contribution in [-0.4, -0.2) is 43.5 Å². The van der Waals surface area contributed by atoms with E-state index in [2.05, 4.69) is 36.2 Å². The van der Waals surface area contributed by atoms with Crippen molar-refractivity contribution in [1.82, 2.24) is 4.90 Å². The number of ether oxygens (including phenoxy) is 1. The van der Waals surface area contributed by atoms with Gasteiger partial charge in [-0.1, -0.05) is 41.9 Å². The van der Waals surface area contributed by atoms with Crippen LogP contribution < -0.4 is 21.3 Å². The normalized spacial score (nSPS) is 16.5. The van der Waals surface area contributed by atoms with Crippen molar-refractivity contribution in [2.45, 2.75) is 52.3 Å². The van der Waals surface area contributed by atoms with E-state index in [1.54, 1.807) is 0 Å². The van der Waals surface area contributed by atoms with E-state index in [4.69, 9.17) is 18.3 Å². The second kappa shape index (κ2) is 10.7. The van der Waals surface area contributed by atoms with Crippen LogP contribution in [0.3, 0.4) is 0 Å². The van der Waals surface area contributed by atoms with Crippen LogP contribution in [0.4, 0.5) is 11.4 Å². The van der Waals surface area contributed by atoms with Crippen molar-refractivity contribution in [3.8, 4) is 5.75 Å². The molecule has 3 aromatic carbocycles. The van der Waals surface area contributed by atoms with Gasteiger partial charge >= 0.3 is 5.97 Å². The van der Waals surface area contributed by atoms with E-state index in [9.17, 15) is 9.90 Å². The molecule has 0 aliphatic carbocycles. The quantitative estimate of drug-likeness (QED) is 0.346. The number of aryl methyl sites for hydroxylation is 1. The molecule has 0 aromatic heterocycles. The zero-order chi connectivity index (χ0) is 26.0. The van der Waals surface area contributed by atoms with E-state index in [0.29, 0.717) is 11.2 Å². The van der Waals surface area contributed by atoms with Crippen LogP contribution in [0.5, 0.6) is 5.75 Å². The van der Waals surface area contributed by atoms with Gasteiger partial charge in [0.15, 0.2) is 0 Å². The Morgan fingerprint density at radius 3 is 2.72 bits per heavy atom. The number of anilines is 2. The number of nitrogens with zero attached hydrogens (tertiary/aromatic N) is 1. The molecule has 0 saturated carbocycles. The van der Waals surface area contributed by atoms with Crippen LogP contribution in [0.2, 0.25) is 0 Å². The predicted octanol–water partition coefficient (Wildman–Crippen LogP) is 4.11. The molecule has 3 aromatic rings. The second-order valence-corrected chi connectivity index (χ2v) is 9.79. The first-order valence-corrected chi connectivity index (χ1v) is 12.3. The molecule has 1 aliphatic rings. The number of carbonyl (C=O) groups is 1. The fraction of sp³-hybridized carbons (Fsp3) is 0.345. The minimum atomic E-state index is -0.841. The Labute approximate surface area is 214 Å². The maximum Gasteiger partial charge on any atom is 0.304 e. The molecule has 1 aliphatic heterocycles. The Morgan fingerprint density at radius 1 is 1.22 bits per heavy atom. The maximum absolute atomic E-state index is 11.9. The van der Waals surface area contributed by atoms with Crippen LogP contribution in [0.25, 0.3) is 0 Å². The van der Waals surface area contributed by atoms with Crippen molar-refractivity contribution in [2.75, 3.05) is 24.6 Å². The summed E-state index contributed by atoms with van der Waals surface area (Å²) in [6, 6.07) is 16.0. The molecule has 0 amide bonds. The summed E-state index contributed by atoms with van der Waals surface area (Å²) in [7, 11) is 7.80. The molecule has 2 atom stereocenters. The van der Waals surface area contributed by atoms with Crippen molar-refractivity contribution in [1.29, 1.82) is 0 Å². The van der Waals surface area contributed by atoms with Crippen molar-refractivity contribution >= 4 is 30.7 Å². The number of hydrogen-bond acceptors (Lipinski definition) is 5. The lowest BCUT2D eigenvalue weighted by molar-refractivity contribution is -0.137. The summed E-state index contributed by atoms with van der Waals surface area (Å²) >= 11 is 0. The number of carboxylic acid groups (broad SMARTS) is 1. The number of carboxylic acids is 1. The Kier molecular flexibility index (Phi) is 7.60. The molecule has 2 unspecified atom stereocenters. The molecule has 186 valence electrons. The molecule has 0 spiro atoms. The number of aliphatic carboxylic acids is 1. The molecular weight excluding hydrogens is 449 g/mol. The lowest BCUT2D eigenvalue weighted by Crippen LogP contribution is -2.30. The van der Waals surface area contributed by atoms with E-state index >= 15 is 0 Å². The van der Waals surface area contributed by atoms with E-state index < -0.39 is 5.97 Å². The number of nitrogens with two attached hydrogens (primary N) is 1. The SMILES string of the molecule is [B]c1ccc2c(c1)OC(C)CN(Cc1cc(C(CC(=O)O)c3ccc(NC)c(N)c3C)ccc1C)C2. The van der Waals surface area contributed by atoms with E-state index in [-0.39, 0.29) is 18.4 Å². The van der Waals surface area contributed by atoms with Gasteiger partial charge in [0.25, 0.3) is 0 Å². The van der Waals surface area contributed by atoms with Gasteiger partial charge in [-0.05, 0) is 60.7 Å². The van der Waals surface area contributed by atoms with Gasteiger partial charge in [0.05, 0.1) is 17.8 Å². The Balaban J connectivity index is 1.67. The number of benzene rings is 3. The van der Waals surface area contributed by atoms with Gasteiger partial charge < -0.3 is 20.9 Å². The molecule has 2 radical (unpaired) electrons. The number of hydrogen-bond donors (Lipinski definition) is 3. The lowest BCUT2D eigenvalue weighted by Gasteiger charge is -2.25. The van der Waals surface area contributed by atoms with Crippen LogP contribution in [-0.2, 0) is 17.9 Å². The zero-order valence-electron chi connectivity index (χ0n) is 21.5. The van der Waals surface area contributed by atoms with Gasteiger partial charge in [0.2, 0.25) is 0 Å². The summed E-state index contributed by atoms with van der Waals surface area (Å²) in [4.78, 5) is 14.3. The Morgan fingerprint density at radius 2 is 2.00 bits per heavy atom. The van der Waals surface area contributed by atoms with Crippen molar-refractivity contribution in [2.24, 2.45) is 0 Å². The highest BCUT2D eigenvalue weighted by Crippen LogP contribution is 2.36. The van der Waals surface area contributed by atoms with Gasteiger partial charge in [-0.15, -0.1) is 0 Å². The molecule has 4 N–H and O–H groups in total. The van der Waals surface area contributed by atoms with Crippen LogP contribution in [0, 0.1) is 13.8 Å². The number of fused-ring (bicyclic) bond motifs is 1. The fourth-order valence-corrected chi connectivity index (χ4v) is 5.10. The summed E-state index contributed by atoms with van der Waals surface area (Å²) in [5.41, 5.74) is 14.8. The third-order valence-corrected chi connectivity index (χ3v) is 7.08. The number of nitrogen functional groups attached to an aromatic ring is 1. The lowest BCUT2D eigenvalue weighted by atomic mass is 9.84. The van der Waals surface area contributed by atoms with Gasteiger partial charge in [0, 0.05) is 38.2 Å². The van der Waals surface area contributed by atoms with Gasteiger partial charge in [-0.3, -0.25) is 9.69 Å². The molecule has 1 heterocycles. The second-order valence-electron chi connectivity index (χ2n) is 9.79. The van der Waals surface area contributed by atoms with Crippen LogP contribution in [0.15, 0.2) is 48.5 Å². The molecule has 36 heavy (non-hydrogen) atoms. The smallest absolute Gasteiger partial charge is 0.304 e. The number of rotatable bonds is 7. The highest BCUT2D eigenvalue weighted by atomic mass is 16.5. The minimum absolute atomic E-state index is 0.00886. The molecule has 6 nitrogen and oxygen atoms in total. The van der Waals surface area contributed by atoms with E-state index in [0.717, 1.165) is 53.3 Å². The third kappa shape index (κ3) is 5.52. The first-order chi connectivity index (χ1) is 17.2. The van der Waals surface area contributed by atoms with Crippen molar-refractivity contribution in [3.05, 3.63) is 81.9 Å². The molecule has 0 saturated heterocycles. The van der Waals surface area contributed by atoms with E-state index in [1.807, 2.05) is 50.4 Å². The Bertz CT molecular complexity index is 1280. The van der Waals surface area contributed by atoms with E-state index in [1.165, 1.54) is 11.1 Å². The van der Waals surface area contributed by atoms with Crippen molar-refractivity contribution < 1.29 is 14.6 Å². The average molecular weight is 483 g/mol. The maximum atomic E-state index is 11.9.